The number of unbranched alkanes of at least 4 members (excludes halogenated alkanes) is 14. The van der Waals surface area contributed by atoms with Gasteiger partial charge in [-0.2, -0.15) is 0 Å². The second-order valence-corrected chi connectivity index (χ2v) is 17.8. The Labute approximate surface area is 353 Å². The maximum Gasteiger partial charge on any atom is 0.306 e. The van der Waals surface area contributed by atoms with E-state index in [1.165, 1.54) is 70.6 Å². The van der Waals surface area contributed by atoms with Crippen LogP contribution in [-0.4, -0.2) is 92.5 Å². The molecule has 0 amide bonds. The second-order valence-electron chi connectivity index (χ2n) is 16.4. The zero-order chi connectivity index (χ0) is 43.2. The molecule has 0 saturated heterocycles. The maximum atomic E-state index is 12.7. The van der Waals surface area contributed by atoms with E-state index in [0.717, 1.165) is 44.9 Å². The Morgan fingerprint density at radius 2 is 1.12 bits per heavy atom. The number of nitrogens with zero attached hydrogens (tertiary/aromatic N) is 1. The van der Waals surface area contributed by atoms with Gasteiger partial charge in [-0.1, -0.05) is 127 Å². The van der Waals surface area contributed by atoms with Crippen LogP contribution in [0.3, 0.4) is 0 Å². The average molecular weight is 842 g/mol. The molecular formula is C46H84NO10P. The van der Waals surface area contributed by atoms with Gasteiger partial charge in [0.1, 0.15) is 19.8 Å². The van der Waals surface area contributed by atoms with E-state index in [1.54, 1.807) is 0 Å². The lowest BCUT2D eigenvalue weighted by molar-refractivity contribution is -0.870. The van der Waals surface area contributed by atoms with E-state index in [-0.39, 0.29) is 45.3 Å². The Balaban J connectivity index is 4.61. The molecule has 58 heavy (non-hydrogen) atoms. The van der Waals surface area contributed by atoms with Gasteiger partial charge >= 0.3 is 11.9 Å². The van der Waals surface area contributed by atoms with Crippen molar-refractivity contribution >= 4 is 19.8 Å². The van der Waals surface area contributed by atoms with E-state index >= 15 is 0 Å². The number of hydrogen-bond acceptors (Lipinski definition) is 10. The number of allylic oxidation sites excluding steroid dienone is 7. The number of aliphatic hydroxyl groups is 2. The van der Waals surface area contributed by atoms with Crippen LogP contribution in [0.15, 0.2) is 48.6 Å². The van der Waals surface area contributed by atoms with Crippen LogP contribution in [0.2, 0.25) is 0 Å². The third kappa shape index (κ3) is 39.4. The van der Waals surface area contributed by atoms with Gasteiger partial charge in [-0.15, -0.1) is 0 Å². The molecule has 338 valence electrons. The summed E-state index contributed by atoms with van der Waals surface area (Å²) in [6.45, 7) is 3.83. The van der Waals surface area contributed by atoms with Crippen LogP contribution in [0.25, 0.3) is 0 Å². The molecule has 0 spiro atoms. The topological polar surface area (TPSA) is 152 Å². The molecule has 12 heteroatoms. The number of aliphatic hydroxyl groups excluding tert-OH is 2. The highest BCUT2D eigenvalue weighted by Gasteiger charge is 2.22. The summed E-state index contributed by atoms with van der Waals surface area (Å²) in [4.78, 5) is 37.6. The van der Waals surface area contributed by atoms with Crippen molar-refractivity contribution in [1.82, 2.24) is 0 Å². The van der Waals surface area contributed by atoms with Crippen molar-refractivity contribution in [2.75, 3.05) is 47.5 Å². The van der Waals surface area contributed by atoms with Crippen molar-refractivity contribution in [3.8, 4) is 0 Å². The minimum atomic E-state index is -4.71. The number of rotatable bonds is 40. The fourth-order valence-electron chi connectivity index (χ4n) is 5.81. The summed E-state index contributed by atoms with van der Waals surface area (Å²) in [6.07, 6.45) is 35.9. The van der Waals surface area contributed by atoms with Crippen LogP contribution in [0.1, 0.15) is 168 Å². The number of hydrogen-bond donors (Lipinski definition) is 2. The van der Waals surface area contributed by atoms with Crippen molar-refractivity contribution in [2.24, 2.45) is 0 Å². The largest absolute Gasteiger partial charge is 0.756 e. The van der Waals surface area contributed by atoms with Crippen LogP contribution in [0, 0.1) is 0 Å². The van der Waals surface area contributed by atoms with Crippen molar-refractivity contribution in [3.63, 3.8) is 0 Å². The van der Waals surface area contributed by atoms with E-state index in [0.29, 0.717) is 17.4 Å². The molecular weight excluding hydrogens is 757 g/mol. The highest BCUT2D eigenvalue weighted by molar-refractivity contribution is 7.45. The third-order valence-corrected chi connectivity index (χ3v) is 10.5. The smallest absolute Gasteiger partial charge is 0.306 e. The first kappa shape index (κ1) is 55.9. The molecule has 0 radical (unpaired) electrons. The number of phosphoric ester groups is 1. The molecule has 0 aromatic rings. The molecule has 0 aromatic carbocycles. The van der Waals surface area contributed by atoms with Gasteiger partial charge in [0.2, 0.25) is 0 Å². The summed E-state index contributed by atoms with van der Waals surface area (Å²) >= 11 is 0. The lowest BCUT2D eigenvalue weighted by Gasteiger charge is -2.28. The van der Waals surface area contributed by atoms with Crippen molar-refractivity contribution in [2.45, 2.75) is 186 Å². The molecule has 0 saturated carbocycles. The molecule has 4 atom stereocenters. The molecule has 0 aromatic heterocycles. The fraction of sp³-hybridized carbons (Fsp3) is 0.783. The lowest BCUT2D eigenvalue weighted by atomic mass is 10.0. The predicted molar refractivity (Wildman–Crippen MR) is 234 cm³/mol. The molecule has 0 heterocycles. The fourth-order valence-corrected chi connectivity index (χ4v) is 6.54. The number of ether oxygens (including phenoxy) is 2. The zero-order valence-corrected chi connectivity index (χ0v) is 38.1. The standard InChI is InChI=1S/C46H84NO10P/c1-6-8-10-12-14-16-18-20-21-22-24-26-28-30-32-36-45(50)54-40-42(41-56-58(52,53)55-39-38-47(3,4)5)57-46(51)37-33-35-44(49)43(48)34-31-29-27-25-23-19-17-15-13-11-9-7-2/h15-18,23,25,29,31,42-44,48-49H,6-14,19-22,24,26-28,30,32-41H2,1-5H3/b17-15-,18-16-,25-23-,31-29-/t42-,43?,44?/m1/s1. The van der Waals surface area contributed by atoms with Gasteiger partial charge in [0.25, 0.3) is 7.82 Å². The van der Waals surface area contributed by atoms with Crippen LogP contribution in [-0.2, 0) is 32.7 Å². The molecule has 0 bridgehead atoms. The van der Waals surface area contributed by atoms with Crippen LogP contribution >= 0.6 is 7.82 Å². The van der Waals surface area contributed by atoms with Crippen molar-refractivity contribution < 1.29 is 52.3 Å². The molecule has 11 nitrogen and oxygen atoms in total. The Bertz CT molecular complexity index is 1170. The van der Waals surface area contributed by atoms with Crippen LogP contribution in [0.5, 0.6) is 0 Å². The zero-order valence-electron chi connectivity index (χ0n) is 37.2. The molecule has 0 rings (SSSR count). The van der Waals surface area contributed by atoms with Gasteiger partial charge < -0.3 is 38.1 Å². The summed E-state index contributed by atoms with van der Waals surface area (Å²) < 4.78 is 33.7. The SMILES string of the molecule is CCCCC/C=C\C/C=C\C/C=C\CC(O)C(O)CCCC(=O)O[C@H](COC(=O)CCCCCCCCC/C=C\CCCCCC)COP(=O)([O-])OCC[N+](C)(C)C. The van der Waals surface area contributed by atoms with Crippen molar-refractivity contribution in [1.29, 1.82) is 0 Å². The van der Waals surface area contributed by atoms with Gasteiger partial charge in [0, 0.05) is 12.8 Å². The summed E-state index contributed by atoms with van der Waals surface area (Å²) in [5.41, 5.74) is 0. The molecule has 2 N–H and O–H groups in total. The van der Waals surface area contributed by atoms with E-state index in [1.807, 2.05) is 33.3 Å². The molecule has 0 aliphatic carbocycles. The monoisotopic (exact) mass is 842 g/mol. The summed E-state index contributed by atoms with van der Waals surface area (Å²) in [6, 6.07) is 0. The molecule has 0 aliphatic heterocycles. The first-order valence-corrected chi connectivity index (χ1v) is 24.0. The van der Waals surface area contributed by atoms with E-state index < -0.39 is 44.7 Å². The average Bonchev–Trinajstić information content (AvgIpc) is 3.17. The van der Waals surface area contributed by atoms with E-state index in [9.17, 15) is 29.3 Å². The Hall–Kier alpha value is -2.11. The third-order valence-electron chi connectivity index (χ3n) is 9.52. The number of likely N-dealkylation sites (N-methyl/N-ethyl adjacent to an activating group) is 1. The van der Waals surface area contributed by atoms with Crippen LogP contribution < -0.4 is 4.89 Å². The number of carbonyl (C=O) groups is 2. The first-order valence-electron chi connectivity index (χ1n) is 22.5. The Morgan fingerprint density at radius 3 is 1.74 bits per heavy atom. The highest BCUT2D eigenvalue weighted by atomic mass is 31.2. The van der Waals surface area contributed by atoms with Gasteiger partial charge in [0.15, 0.2) is 6.10 Å². The highest BCUT2D eigenvalue weighted by Crippen LogP contribution is 2.38. The lowest BCUT2D eigenvalue weighted by Crippen LogP contribution is -2.37. The second kappa shape index (κ2) is 37.9. The molecule has 3 unspecified atom stereocenters. The normalized spacial score (nSPS) is 15.1. The summed E-state index contributed by atoms with van der Waals surface area (Å²) in [5, 5.41) is 20.8. The quantitative estimate of drug-likeness (QED) is 0.0201. The van der Waals surface area contributed by atoms with E-state index in [4.69, 9.17) is 18.5 Å². The summed E-state index contributed by atoms with van der Waals surface area (Å²) in [5.74, 6) is -1.13. The minimum Gasteiger partial charge on any atom is -0.756 e. The molecule has 0 fully saturated rings. The number of carbonyl (C=O) groups excluding carboxylic acids is 2. The van der Waals surface area contributed by atoms with Gasteiger partial charge in [-0.3, -0.25) is 14.2 Å². The first-order chi connectivity index (χ1) is 27.8. The van der Waals surface area contributed by atoms with Gasteiger partial charge in [-0.05, 0) is 77.0 Å². The minimum absolute atomic E-state index is 0.0849. The number of esters is 2. The molecule has 0 aliphatic rings. The van der Waals surface area contributed by atoms with Crippen LogP contribution in [0.4, 0.5) is 0 Å². The Kier molecular flexibility index (Phi) is 36.5. The van der Waals surface area contributed by atoms with Gasteiger partial charge in [0.05, 0.1) is 40.0 Å². The van der Waals surface area contributed by atoms with Crippen molar-refractivity contribution in [3.05, 3.63) is 48.6 Å². The number of phosphoric acid groups is 1. The maximum absolute atomic E-state index is 12.7. The predicted octanol–water partition coefficient (Wildman–Crippen LogP) is 10.00. The summed E-state index contributed by atoms with van der Waals surface area (Å²) in [7, 11) is 0.982. The number of quaternary nitrogens is 1. The van der Waals surface area contributed by atoms with E-state index in [2.05, 4.69) is 50.3 Å². The Morgan fingerprint density at radius 1 is 0.621 bits per heavy atom. The van der Waals surface area contributed by atoms with Gasteiger partial charge in [-0.25, -0.2) is 0 Å².